The van der Waals surface area contributed by atoms with Gasteiger partial charge < -0.3 is 14.5 Å². The third-order valence-electron chi connectivity index (χ3n) is 5.49. The Morgan fingerprint density at radius 2 is 1.63 bits per heavy atom. The first-order chi connectivity index (χ1) is 13.1. The van der Waals surface area contributed by atoms with E-state index in [0.29, 0.717) is 6.04 Å². The highest BCUT2D eigenvalue weighted by molar-refractivity contribution is 5.58. The van der Waals surface area contributed by atoms with Gasteiger partial charge in [-0.2, -0.15) is 0 Å². The van der Waals surface area contributed by atoms with Crippen LogP contribution in [0.2, 0.25) is 0 Å². The van der Waals surface area contributed by atoms with Gasteiger partial charge in [-0.3, -0.25) is 4.90 Å². The van der Waals surface area contributed by atoms with Crippen molar-refractivity contribution in [2.45, 2.75) is 19.4 Å². The van der Waals surface area contributed by atoms with Gasteiger partial charge in [-0.1, -0.05) is 42.0 Å². The van der Waals surface area contributed by atoms with Crippen LogP contribution in [0, 0.1) is 6.92 Å². The van der Waals surface area contributed by atoms with Crippen LogP contribution < -0.4 is 9.64 Å². The van der Waals surface area contributed by atoms with Gasteiger partial charge in [-0.15, -0.1) is 0 Å². The fourth-order valence-electron chi connectivity index (χ4n) is 3.89. The van der Waals surface area contributed by atoms with Gasteiger partial charge in [0.25, 0.3) is 0 Å². The molecule has 1 atom stereocenters. The standard InChI is InChI=1S/C23H33N3O/c1-19-9-11-20(12-10-19)21(13-14-24(2)3)25-15-17-26(18-16-25)22-7-5-6-8-23(22)27-4/h5-12,21H,13-18H2,1-4H3. The number of para-hydroxylation sites is 2. The second kappa shape index (κ2) is 9.25. The smallest absolute Gasteiger partial charge is 0.142 e. The van der Waals surface area contributed by atoms with Crippen LogP contribution in [-0.4, -0.2) is 63.7 Å². The highest BCUT2D eigenvalue weighted by Gasteiger charge is 2.26. The van der Waals surface area contributed by atoms with Crippen LogP contribution in [0.1, 0.15) is 23.6 Å². The average molecular weight is 368 g/mol. The second-order valence-electron chi connectivity index (χ2n) is 7.71. The number of hydrogen-bond acceptors (Lipinski definition) is 4. The molecular formula is C23H33N3O. The number of anilines is 1. The van der Waals surface area contributed by atoms with Crippen molar-refractivity contribution in [3.05, 3.63) is 59.7 Å². The minimum atomic E-state index is 0.479. The van der Waals surface area contributed by atoms with Crippen molar-refractivity contribution >= 4 is 5.69 Å². The van der Waals surface area contributed by atoms with Gasteiger partial charge in [0.15, 0.2) is 0 Å². The molecule has 146 valence electrons. The van der Waals surface area contributed by atoms with Crippen molar-refractivity contribution in [2.75, 3.05) is 58.8 Å². The molecule has 27 heavy (non-hydrogen) atoms. The Labute approximate surface area is 164 Å². The maximum Gasteiger partial charge on any atom is 0.142 e. The van der Waals surface area contributed by atoms with E-state index in [4.69, 9.17) is 4.74 Å². The van der Waals surface area contributed by atoms with E-state index in [1.165, 1.54) is 16.8 Å². The molecule has 0 amide bonds. The highest BCUT2D eigenvalue weighted by atomic mass is 16.5. The van der Waals surface area contributed by atoms with Crippen LogP contribution in [-0.2, 0) is 0 Å². The van der Waals surface area contributed by atoms with Crippen molar-refractivity contribution < 1.29 is 4.74 Å². The number of methoxy groups -OCH3 is 1. The normalized spacial score (nSPS) is 16.6. The first kappa shape index (κ1) is 19.7. The van der Waals surface area contributed by atoms with E-state index in [1.807, 2.05) is 12.1 Å². The van der Waals surface area contributed by atoms with Crippen LogP contribution in [0.5, 0.6) is 5.75 Å². The molecule has 4 heteroatoms. The number of benzene rings is 2. The molecule has 3 rings (SSSR count). The van der Waals surface area contributed by atoms with Crippen molar-refractivity contribution in [3.63, 3.8) is 0 Å². The Hall–Kier alpha value is -2.04. The molecular weight excluding hydrogens is 334 g/mol. The lowest BCUT2D eigenvalue weighted by Gasteiger charge is -2.41. The molecule has 0 bridgehead atoms. The summed E-state index contributed by atoms with van der Waals surface area (Å²) < 4.78 is 5.56. The molecule has 0 aromatic heterocycles. The molecule has 1 heterocycles. The van der Waals surface area contributed by atoms with E-state index in [9.17, 15) is 0 Å². The Morgan fingerprint density at radius 1 is 0.963 bits per heavy atom. The first-order valence-electron chi connectivity index (χ1n) is 9.92. The van der Waals surface area contributed by atoms with Crippen LogP contribution in [0.15, 0.2) is 48.5 Å². The van der Waals surface area contributed by atoms with Gasteiger partial charge in [0.05, 0.1) is 12.8 Å². The highest BCUT2D eigenvalue weighted by Crippen LogP contribution is 2.31. The fourth-order valence-corrected chi connectivity index (χ4v) is 3.89. The van der Waals surface area contributed by atoms with E-state index in [0.717, 1.165) is 44.9 Å². The molecule has 1 unspecified atom stereocenters. The molecule has 4 nitrogen and oxygen atoms in total. The number of rotatable bonds is 7. The first-order valence-corrected chi connectivity index (χ1v) is 9.92. The van der Waals surface area contributed by atoms with E-state index >= 15 is 0 Å². The number of aryl methyl sites for hydroxylation is 1. The minimum Gasteiger partial charge on any atom is -0.495 e. The van der Waals surface area contributed by atoms with E-state index in [-0.39, 0.29) is 0 Å². The Balaban J connectivity index is 1.71. The second-order valence-corrected chi connectivity index (χ2v) is 7.71. The molecule has 1 aliphatic heterocycles. The molecule has 2 aromatic rings. The molecule has 0 spiro atoms. The number of hydrogen-bond donors (Lipinski definition) is 0. The van der Waals surface area contributed by atoms with Crippen LogP contribution in [0.4, 0.5) is 5.69 Å². The maximum absolute atomic E-state index is 5.56. The summed E-state index contributed by atoms with van der Waals surface area (Å²) in [5.74, 6) is 0.966. The van der Waals surface area contributed by atoms with Crippen molar-refractivity contribution in [2.24, 2.45) is 0 Å². The number of ether oxygens (including phenoxy) is 1. The third kappa shape index (κ3) is 5.02. The third-order valence-corrected chi connectivity index (χ3v) is 5.49. The summed E-state index contributed by atoms with van der Waals surface area (Å²) in [6, 6.07) is 17.9. The number of piperazine rings is 1. The summed E-state index contributed by atoms with van der Waals surface area (Å²) in [5, 5.41) is 0. The topological polar surface area (TPSA) is 19.0 Å². The molecule has 2 aromatic carbocycles. The van der Waals surface area contributed by atoms with Crippen molar-refractivity contribution in [1.82, 2.24) is 9.80 Å². The molecule has 1 fully saturated rings. The summed E-state index contributed by atoms with van der Waals surface area (Å²) in [5.41, 5.74) is 3.97. The van der Waals surface area contributed by atoms with E-state index in [1.54, 1.807) is 7.11 Å². The molecule has 0 N–H and O–H groups in total. The summed E-state index contributed by atoms with van der Waals surface area (Å²) in [4.78, 5) is 7.39. The zero-order valence-corrected chi connectivity index (χ0v) is 17.2. The van der Waals surface area contributed by atoms with Gasteiger partial charge in [0.2, 0.25) is 0 Å². The zero-order chi connectivity index (χ0) is 19.2. The Bertz CT molecular complexity index is 706. The molecule has 0 radical (unpaired) electrons. The molecule has 1 aliphatic rings. The van der Waals surface area contributed by atoms with Crippen LogP contribution in [0.3, 0.4) is 0 Å². The summed E-state index contributed by atoms with van der Waals surface area (Å²) in [7, 11) is 6.07. The van der Waals surface area contributed by atoms with Crippen LogP contribution in [0.25, 0.3) is 0 Å². The largest absolute Gasteiger partial charge is 0.495 e. The van der Waals surface area contributed by atoms with Gasteiger partial charge in [-0.05, 0) is 51.7 Å². The van der Waals surface area contributed by atoms with Gasteiger partial charge in [0.1, 0.15) is 5.75 Å². The summed E-state index contributed by atoms with van der Waals surface area (Å²) in [6.07, 6.45) is 1.16. The minimum absolute atomic E-state index is 0.479. The quantitative estimate of drug-likeness (QED) is 0.740. The van der Waals surface area contributed by atoms with Crippen molar-refractivity contribution in [3.8, 4) is 5.75 Å². The van der Waals surface area contributed by atoms with E-state index in [2.05, 4.69) is 72.1 Å². The predicted octanol–water partition coefficient (Wildman–Crippen LogP) is 3.82. The lowest BCUT2D eigenvalue weighted by Crippen LogP contribution is -2.48. The predicted molar refractivity (Wildman–Crippen MR) is 114 cm³/mol. The Morgan fingerprint density at radius 3 is 2.26 bits per heavy atom. The fraction of sp³-hybridized carbons (Fsp3) is 0.478. The summed E-state index contributed by atoms with van der Waals surface area (Å²) >= 11 is 0. The van der Waals surface area contributed by atoms with E-state index < -0.39 is 0 Å². The maximum atomic E-state index is 5.56. The SMILES string of the molecule is COc1ccccc1N1CCN(C(CCN(C)C)c2ccc(C)cc2)CC1. The Kier molecular flexibility index (Phi) is 6.75. The molecule has 1 saturated heterocycles. The molecule has 0 aliphatic carbocycles. The monoisotopic (exact) mass is 367 g/mol. The van der Waals surface area contributed by atoms with Crippen LogP contribution >= 0.6 is 0 Å². The zero-order valence-electron chi connectivity index (χ0n) is 17.2. The lowest BCUT2D eigenvalue weighted by molar-refractivity contribution is 0.166. The van der Waals surface area contributed by atoms with Gasteiger partial charge in [0, 0.05) is 32.2 Å². The average Bonchev–Trinajstić information content (AvgIpc) is 2.69. The lowest BCUT2D eigenvalue weighted by atomic mass is 9.99. The van der Waals surface area contributed by atoms with Gasteiger partial charge >= 0.3 is 0 Å². The van der Waals surface area contributed by atoms with Gasteiger partial charge in [-0.25, -0.2) is 0 Å². The summed E-state index contributed by atoms with van der Waals surface area (Å²) in [6.45, 7) is 7.47. The number of nitrogens with zero attached hydrogens (tertiary/aromatic N) is 3. The van der Waals surface area contributed by atoms with Crippen molar-refractivity contribution in [1.29, 1.82) is 0 Å². The molecule has 0 saturated carbocycles.